The molecule has 0 radical (unpaired) electrons. The van der Waals surface area contributed by atoms with Gasteiger partial charge in [0.05, 0.1) is 10.9 Å². The molecule has 0 spiro atoms. The van der Waals surface area contributed by atoms with E-state index in [0.29, 0.717) is 11.8 Å². The van der Waals surface area contributed by atoms with Crippen LogP contribution in [-0.4, -0.2) is 16.8 Å². The maximum Gasteiger partial charge on any atom is 0.224 e. The summed E-state index contributed by atoms with van der Waals surface area (Å²) >= 11 is 6.16. The van der Waals surface area contributed by atoms with Crippen LogP contribution in [0.5, 0.6) is 0 Å². The summed E-state index contributed by atoms with van der Waals surface area (Å²) in [5, 5.41) is 3.05. The van der Waals surface area contributed by atoms with Crippen LogP contribution in [0.25, 0.3) is 0 Å². The molecule has 1 fully saturated rings. The van der Waals surface area contributed by atoms with Crippen LogP contribution in [0.4, 0.5) is 0 Å². The number of nitrogens with one attached hydrogen (secondary N) is 1. The molecule has 108 valence electrons. The summed E-state index contributed by atoms with van der Waals surface area (Å²) in [5.41, 5.74) is 2.46. The van der Waals surface area contributed by atoms with Gasteiger partial charge >= 0.3 is 0 Å². The van der Waals surface area contributed by atoms with E-state index >= 15 is 0 Å². The molecule has 0 bridgehead atoms. The lowest BCUT2D eigenvalue weighted by atomic mass is 9.92. The van der Waals surface area contributed by atoms with Crippen molar-refractivity contribution in [1.29, 1.82) is 0 Å². The third kappa shape index (κ3) is 2.24. The summed E-state index contributed by atoms with van der Waals surface area (Å²) < 4.78 is 0. The van der Waals surface area contributed by atoms with E-state index in [9.17, 15) is 4.79 Å². The van der Waals surface area contributed by atoms with Crippen LogP contribution in [0, 0.1) is 11.8 Å². The summed E-state index contributed by atoms with van der Waals surface area (Å²) in [7, 11) is 0. The molecule has 0 saturated heterocycles. The maximum absolute atomic E-state index is 12.5. The minimum Gasteiger partial charge on any atom is -0.349 e. The van der Waals surface area contributed by atoms with Crippen molar-refractivity contribution in [3.8, 4) is 0 Å². The van der Waals surface area contributed by atoms with Crippen molar-refractivity contribution in [3.63, 3.8) is 0 Å². The SMILES string of the molecule is CC(Cl)C(C)(C)NC(=O)C1C2CCc3ccccc3C21. The Bertz CT molecular complexity index is 538. The molecular weight excluding hydrogens is 270 g/mol. The van der Waals surface area contributed by atoms with E-state index in [2.05, 4.69) is 29.6 Å². The number of halogens is 1. The molecule has 3 rings (SSSR count). The first-order valence-corrected chi connectivity index (χ1v) is 7.89. The van der Waals surface area contributed by atoms with Crippen LogP contribution in [-0.2, 0) is 11.2 Å². The average molecular weight is 292 g/mol. The Balaban J connectivity index is 1.75. The zero-order chi connectivity index (χ0) is 14.5. The highest BCUT2D eigenvalue weighted by atomic mass is 35.5. The van der Waals surface area contributed by atoms with E-state index in [1.165, 1.54) is 11.1 Å². The smallest absolute Gasteiger partial charge is 0.224 e. The van der Waals surface area contributed by atoms with Crippen molar-refractivity contribution in [2.24, 2.45) is 11.8 Å². The van der Waals surface area contributed by atoms with Crippen LogP contribution in [0.15, 0.2) is 24.3 Å². The van der Waals surface area contributed by atoms with Gasteiger partial charge in [-0.1, -0.05) is 24.3 Å². The molecule has 1 N–H and O–H groups in total. The number of carbonyl (C=O) groups excluding carboxylic acids is 1. The first-order chi connectivity index (χ1) is 9.42. The van der Waals surface area contributed by atoms with Gasteiger partial charge in [-0.3, -0.25) is 4.79 Å². The first-order valence-electron chi connectivity index (χ1n) is 7.45. The summed E-state index contributed by atoms with van der Waals surface area (Å²) in [6, 6.07) is 8.56. The highest BCUT2D eigenvalue weighted by Crippen LogP contribution is 2.59. The minimum atomic E-state index is -0.357. The third-order valence-electron chi connectivity index (χ3n) is 5.07. The van der Waals surface area contributed by atoms with Gasteiger partial charge in [0.1, 0.15) is 0 Å². The molecule has 0 aromatic heterocycles. The number of fused-ring (bicyclic) bond motifs is 3. The van der Waals surface area contributed by atoms with E-state index in [1.54, 1.807) is 0 Å². The standard InChI is InChI=1S/C17H22ClNO/c1-10(18)17(2,3)19-16(20)15-13-9-8-11-6-4-5-7-12(11)14(13)15/h4-7,10,13-15H,8-9H2,1-3H3,(H,19,20). The Morgan fingerprint density at radius 1 is 1.40 bits per heavy atom. The zero-order valence-electron chi connectivity index (χ0n) is 12.3. The highest BCUT2D eigenvalue weighted by Gasteiger charge is 2.57. The molecule has 2 nitrogen and oxygen atoms in total. The Labute approximate surface area is 125 Å². The second-order valence-corrected chi connectivity index (χ2v) is 7.43. The predicted molar refractivity (Wildman–Crippen MR) is 82.0 cm³/mol. The number of hydrogen-bond donors (Lipinski definition) is 1. The molecule has 0 aliphatic heterocycles. The van der Waals surface area contributed by atoms with Crippen molar-refractivity contribution in [1.82, 2.24) is 5.32 Å². The van der Waals surface area contributed by atoms with Crippen LogP contribution in [0.3, 0.4) is 0 Å². The van der Waals surface area contributed by atoms with E-state index in [0.717, 1.165) is 12.8 Å². The quantitative estimate of drug-likeness (QED) is 0.849. The van der Waals surface area contributed by atoms with Crippen molar-refractivity contribution < 1.29 is 4.79 Å². The lowest BCUT2D eigenvalue weighted by molar-refractivity contribution is -0.124. The minimum absolute atomic E-state index is 0.0838. The fourth-order valence-corrected chi connectivity index (χ4v) is 3.48. The third-order valence-corrected chi connectivity index (χ3v) is 5.62. The number of aryl methyl sites for hydroxylation is 1. The highest BCUT2D eigenvalue weighted by molar-refractivity contribution is 6.21. The topological polar surface area (TPSA) is 29.1 Å². The van der Waals surface area contributed by atoms with Gasteiger partial charge in [0.2, 0.25) is 5.91 Å². The molecule has 1 amide bonds. The summed E-state index contributed by atoms with van der Waals surface area (Å²) in [5.74, 6) is 1.29. The normalized spacial score (nSPS) is 29.1. The summed E-state index contributed by atoms with van der Waals surface area (Å²) in [6.07, 6.45) is 2.24. The van der Waals surface area contributed by atoms with Gasteiger partial charge in [0.25, 0.3) is 0 Å². The largest absolute Gasteiger partial charge is 0.349 e. The lowest BCUT2D eigenvalue weighted by Gasteiger charge is -2.29. The fraction of sp³-hybridized carbons (Fsp3) is 0.588. The molecule has 4 atom stereocenters. The van der Waals surface area contributed by atoms with Crippen molar-refractivity contribution in [2.45, 2.75) is 50.4 Å². The fourth-order valence-electron chi connectivity index (χ4n) is 3.42. The second-order valence-electron chi connectivity index (χ2n) is 6.78. The zero-order valence-corrected chi connectivity index (χ0v) is 13.1. The van der Waals surface area contributed by atoms with Gasteiger partial charge in [-0.15, -0.1) is 11.6 Å². The Morgan fingerprint density at radius 3 is 2.80 bits per heavy atom. The van der Waals surface area contributed by atoms with Crippen LogP contribution in [0.2, 0.25) is 0 Å². The number of hydrogen-bond acceptors (Lipinski definition) is 1. The maximum atomic E-state index is 12.5. The molecule has 1 saturated carbocycles. The molecule has 1 aromatic carbocycles. The van der Waals surface area contributed by atoms with E-state index < -0.39 is 0 Å². The number of rotatable bonds is 3. The van der Waals surface area contributed by atoms with Crippen LogP contribution in [0.1, 0.15) is 44.2 Å². The van der Waals surface area contributed by atoms with Crippen LogP contribution >= 0.6 is 11.6 Å². The van der Waals surface area contributed by atoms with Gasteiger partial charge in [0, 0.05) is 5.92 Å². The molecule has 20 heavy (non-hydrogen) atoms. The number of carbonyl (C=O) groups is 1. The summed E-state index contributed by atoms with van der Waals surface area (Å²) in [4.78, 5) is 12.5. The van der Waals surface area contributed by atoms with E-state index in [-0.39, 0.29) is 22.7 Å². The Morgan fingerprint density at radius 2 is 2.10 bits per heavy atom. The monoisotopic (exact) mass is 291 g/mol. The average Bonchev–Trinajstić information content (AvgIpc) is 3.12. The van der Waals surface area contributed by atoms with E-state index in [1.807, 2.05) is 20.8 Å². The molecule has 0 heterocycles. The molecule has 2 aliphatic carbocycles. The molecule has 4 unspecified atom stereocenters. The van der Waals surface area contributed by atoms with Crippen LogP contribution < -0.4 is 5.32 Å². The molecule has 3 heteroatoms. The number of amides is 1. The Hall–Kier alpha value is -1.02. The van der Waals surface area contributed by atoms with Crippen molar-refractivity contribution >= 4 is 17.5 Å². The van der Waals surface area contributed by atoms with E-state index in [4.69, 9.17) is 11.6 Å². The Kier molecular flexibility index (Phi) is 3.32. The van der Waals surface area contributed by atoms with Crippen molar-refractivity contribution in [2.75, 3.05) is 0 Å². The molecule has 2 aliphatic rings. The summed E-state index contributed by atoms with van der Waals surface area (Å²) in [6.45, 7) is 5.90. The predicted octanol–water partition coefficient (Wildman–Crippen LogP) is 3.48. The number of alkyl halides is 1. The second kappa shape index (κ2) is 4.77. The van der Waals surface area contributed by atoms with Gasteiger partial charge in [-0.25, -0.2) is 0 Å². The lowest BCUT2D eigenvalue weighted by Crippen LogP contribution is -2.49. The van der Waals surface area contributed by atoms with Gasteiger partial charge in [-0.05, 0) is 56.6 Å². The number of benzene rings is 1. The molecule has 1 aromatic rings. The van der Waals surface area contributed by atoms with Gasteiger partial charge in [-0.2, -0.15) is 0 Å². The van der Waals surface area contributed by atoms with Gasteiger partial charge in [0.15, 0.2) is 0 Å². The first kappa shape index (κ1) is 13.9. The van der Waals surface area contributed by atoms with Crippen molar-refractivity contribution in [3.05, 3.63) is 35.4 Å². The molecular formula is C17H22ClNO. The van der Waals surface area contributed by atoms with Gasteiger partial charge < -0.3 is 5.32 Å².